The molecule has 0 radical (unpaired) electrons. The number of hydrogen-bond acceptors (Lipinski definition) is 2. The van der Waals surface area contributed by atoms with E-state index in [0.29, 0.717) is 6.04 Å². The van der Waals surface area contributed by atoms with Gasteiger partial charge in [0.25, 0.3) is 0 Å². The Bertz CT molecular complexity index is 312. The van der Waals surface area contributed by atoms with Gasteiger partial charge >= 0.3 is 0 Å². The highest BCUT2D eigenvalue weighted by atomic mass is 14.9. The van der Waals surface area contributed by atoms with Crippen molar-refractivity contribution in [2.24, 2.45) is 5.73 Å². The van der Waals surface area contributed by atoms with Crippen LogP contribution in [0, 0.1) is 6.92 Å². The molecule has 0 saturated heterocycles. The lowest BCUT2D eigenvalue weighted by Gasteiger charge is -2.17. The molecule has 1 fully saturated rings. The summed E-state index contributed by atoms with van der Waals surface area (Å²) < 4.78 is 0. The standard InChI is InChI=1S/C14H22N2/c1-11-6-8-12(9-7-11)14(15)10-16-13-4-2-3-5-13/h6-9,13-14,16H,2-5,10,15H2,1H3. The highest BCUT2D eigenvalue weighted by Gasteiger charge is 2.15. The predicted molar refractivity (Wildman–Crippen MR) is 68.4 cm³/mol. The summed E-state index contributed by atoms with van der Waals surface area (Å²) in [4.78, 5) is 0. The second kappa shape index (κ2) is 5.46. The molecule has 3 N–H and O–H groups in total. The number of aryl methyl sites for hydroxylation is 1. The normalized spacial score (nSPS) is 18.9. The molecule has 1 aromatic rings. The Hall–Kier alpha value is -0.860. The van der Waals surface area contributed by atoms with Crippen LogP contribution < -0.4 is 11.1 Å². The monoisotopic (exact) mass is 218 g/mol. The minimum atomic E-state index is 0.126. The van der Waals surface area contributed by atoms with E-state index in [1.165, 1.54) is 36.8 Å². The van der Waals surface area contributed by atoms with E-state index in [1.807, 2.05) is 0 Å². The van der Waals surface area contributed by atoms with Crippen LogP contribution in [0.25, 0.3) is 0 Å². The zero-order valence-electron chi connectivity index (χ0n) is 10.1. The molecule has 1 aliphatic rings. The second-order valence-corrected chi connectivity index (χ2v) is 4.91. The molecule has 2 rings (SSSR count). The maximum atomic E-state index is 6.16. The number of nitrogens with one attached hydrogen (secondary N) is 1. The van der Waals surface area contributed by atoms with Crippen LogP contribution in [0.1, 0.15) is 42.9 Å². The van der Waals surface area contributed by atoms with Gasteiger partial charge in [0.1, 0.15) is 0 Å². The Morgan fingerprint density at radius 3 is 2.50 bits per heavy atom. The Kier molecular flexibility index (Phi) is 3.97. The van der Waals surface area contributed by atoms with Gasteiger partial charge in [-0.25, -0.2) is 0 Å². The van der Waals surface area contributed by atoms with Crippen molar-refractivity contribution >= 4 is 0 Å². The van der Waals surface area contributed by atoms with Crippen molar-refractivity contribution in [1.82, 2.24) is 5.32 Å². The van der Waals surface area contributed by atoms with Crippen LogP contribution in [-0.4, -0.2) is 12.6 Å². The summed E-state index contributed by atoms with van der Waals surface area (Å²) in [5.74, 6) is 0. The van der Waals surface area contributed by atoms with Crippen LogP contribution in [-0.2, 0) is 0 Å². The smallest absolute Gasteiger partial charge is 0.0421 e. The molecule has 0 heterocycles. The van der Waals surface area contributed by atoms with E-state index in [4.69, 9.17) is 5.73 Å². The molecule has 88 valence electrons. The third-order valence-electron chi connectivity index (χ3n) is 3.49. The zero-order valence-corrected chi connectivity index (χ0v) is 10.1. The van der Waals surface area contributed by atoms with Gasteiger partial charge in [0, 0.05) is 18.6 Å². The second-order valence-electron chi connectivity index (χ2n) is 4.91. The first kappa shape index (κ1) is 11.6. The third kappa shape index (κ3) is 3.06. The molecule has 1 atom stereocenters. The average molecular weight is 218 g/mol. The molecule has 1 unspecified atom stereocenters. The summed E-state index contributed by atoms with van der Waals surface area (Å²) >= 11 is 0. The van der Waals surface area contributed by atoms with Crippen molar-refractivity contribution < 1.29 is 0 Å². The summed E-state index contributed by atoms with van der Waals surface area (Å²) in [5.41, 5.74) is 8.68. The summed E-state index contributed by atoms with van der Waals surface area (Å²) in [6, 6.07) is 9.36. The number of hydrogen-bond donors (Lipinski definition) is 2. The molecule has 0 aliphatic heterocycles. The van der Waals surface area contributed by atoms with Crippen molar-refractivity contribution in [1.29, 1.82) is 0 Å². The number of nitrogens with two attached hydrogens (primary N) is 1. The van der Waals surface area contributed by atoms with Crippen LogP contribution >= 0.6 is 0 Å². The summed E-state index contributed by atoms with van der Waals surface area (Å²) in [6.07, 6.45) is 5.39. The van der Waals surface area contributed by atoms with Gasteiger partial charge in [0.05, 0.1) is 0 Å². The van der Waals surface area contributed by atoms with Gasteiger partial charge in [-0.15, -0.1) is 0 Å². The Balaban J connectivity index is 1.82. The van der Waals surface area contributed by atoms with E-state index >= 15 is 0 Å². The summed E-state index contributed by atoms with van der Waals surface area (Å²) in [7, 11) is 0. The van der Waals surface area contributed by atoms with E-state index in [1.54, 1.807) is 0 Å². The molecule has 0 aromatic heterocycles. The Morgan fingerprint density at radius 1 is 1.25 bits per heavy atom. The molecular formula is C14H22N2. The highest BCUT2D eigenvalue weighted by molar-refractivity contribution is 5.24. The molecule has 2 nitrogen and oxygen atoms in total. The first-order valence-electron chi connectivity index (χ1n) is 6.31. The van der Waals surface area contributed by atoms with Gasteiger partial charge in [0.2, 0.25) is 0 Å². The predicted octanol–water partition coefficient (Wildman–Crippen LogP) is 2.53. The lowest BCUT2D eigenvalue weighted by atomic mass is 10.1. The zero-order chi connectivity index (χ0) is 11.4. The van der Waals surface area contributed by atoms with Crippen LogP contribution in [0.3, 0.4) is 0 Å². The van der Waals surface area contributed by atoms with Crippen LogP contribution in [0.2, 0.25) is 0 Å². The fraction of sp³-hybridized carbons (Fsp3) is 0.571. The van der Waals surface area contributed by atoms with Crippen molar-refractivity contribution in [3.8, 4) is 0 Å². The molecular weight excluding hydrogens is 196 g/mol. The Morgan fingerprint density at radius 2 is 1.88 bits per heavy atom. The van der Waals surface area contributed by atoms with Crippen molar-refractivity contribution in [3.63, 3.8) is 0 Å². The van der Waals surface area contributed by atoms with E-state index in [-0.39, 0.29) is 6.04 Å². The molecule has 0 amide bonds. The van der Waals surface area contributed by atoms with Gasteiger partial charge in [-0.2, -0.15) is 0 Å². The van der Waals surface area contributed by atoms with Gasteiger partial charge in [0.15, 0.2) is 0 Å². The van der Waals surface area contributed by atoms with Gasteiger partial charge in [-0.1, -0.05) is 42.7 Å². The first-order valence-corrected chi connectivity index (χ1v) is 6.31. The molecule has 1 saturated carbocycles. The average Bonchev–Trinajstić information content (AvgIpc) is 2.80. The van der Waals surface area contributed by atoms with Crippen molar-refractivity contribution in [2.45, 2.75) is 44.7 Å². The highest BCUT2D eigenvalue weighted by Crippen LogP contribution is 2.18. The number of benzene rings is 1. The first-order chi connectivity index (χ1) is 7.75. The SMILES string of the molecule is Cc1ccc(C(N)CNC2CCCC2)cc1. The molecule has 1 aromatic carbocycles. The molecule has 0 bridgehead atoms. The van der Waals surface area contributed by atoms with Gasteiger partial charge in [-0.3, -0.25) is 0 Å². The maximum Gasteiger partial charge on any atom is 0.0421 e. The third-order valence-corrected chi connectivity index (χ3v) is 3.49. The quantitative estimate of drug-likeness (QED) is 0.815. The van der Waals surface area contributed by atoms with E-state index in [9.17, 15) is 0 Å². The fourth-order valence-corrected chi connectivity index (χ4v) is 2.36. The van der Waals surface area contributed by atoms with Crippen molar-refractivity contribution in [3.05, 3.63) is 35.4 Å². The summed E-state index contributed by atoms with van der Waals surface area (Å²) in [5, 5.41) is 3.57. The minimum absolute atomic E-state index is 0.126. The lowest BCUT2D eigenvalue weighted by molar-refractivity contribution is 0.492. The Labute approximate surface area is 98.2 Å². The lowest BCUT2D eigenvalue weighted by Crippen LogP contribution is -2.33. The molecule has 16 heavy (non-hydrogen) atoms. The van der Waals surface area contributed by atoms with E-state index in [0.717, 1.165) is 6.54 Å². The molecule has 2 heteroatoms. The minimum Gasteiger partial charge on any atom is -0.323 e. The van der Waals surface area contributed by atoms with Gasteiger partial charge < -0.3 is 11.1 Å². The van der Waals surface area contributed by atoms with Gasteiger partial charge in [-0.05, 0) is 25.3 Å². The van der Waals surface area contributed by atoms with Crippen LogP contribution in [0.5, 0.6) is 0 Å². The molecule has 1 aliphatic carbocycles. The largest absolute Gasteiger partial charge is 0.323 e. The topological polar surface area (TPSA) is 38.0 Å². The van der Waals surface area contributed by atoms with Crippen molar-refractivity contribution in [2.75, 3.05) is 6.54 Å². The van der Waals surface area contributed by atoms with Crippen LogP contribution in [0.4, 0.5) is 0 Å². The maximum absolute atomic E-state index is 6.16. The van der Waals surface area contributed by atoms with E-state index in [2.05, 4.69) is 36.5 Å². The summed E-state index contributed by atoms with van der Waals surface area (Å²) in [6.45, 7) is 3.00. The van der Waals surface area contributed by atoms with E-state index < -0.39 is 0 Å². The van der Waals surface area contributed by atoms with Crippen LogP contribution in [0.15, 0.2) is 24.3 Å². The fourth-order valence-electron chi connectivity index (χ4n) is 2.36. The number of rotatable bonds is 4. The molecule has 0 spiro atoms.